The van der Waals surface area contributed by atoms with Crippen molar-refractivity contribution in [2.45, 2.75) is 64.0 Å². The van der Waals surface area contributed by atoms with Crippen LogP contribution in [0.15, 0.2) is 18.3 Å². The Balaban J connectivity index is 1.27. The summed E-state index contributed by atoms with van der Waals surface area (Å²) in [5.41, 5.74) is 1.01. The average Bonchev–Trinajstić information content (AvgIpc) is 2.65. The number of aliphatic hydroxyl groups excluding tert-OH is 1. The van der Waals surface area contributed by atoms with Gasteiger partial charge in [-0.25, -0.2) is 4.98 Å². The third-order valence-corrected chi connectivity index (χ3v) is 7.69. The number of hydrogen-bond acceptors (Lipinski definition) is 4. The first-order chi connectivity index (χ1) is 13.0. The molecule has 27 heavy (non-hydrogen) atoms. The van der Waals surface area contributed by atoms with Crippen LogP contribution < -0.4 is 10.2 Å². The molecule has 1 aromatic rings. The molecule has 5 nitrogen and oxygen atoms in total. The summed E-state index contributed by atoms with van der Waals surface area (Å²) in [5, 5.41) is 13.9. The van der Waals surface area contributed by atoms with E-state index in [4.69, 9.17) is 0 Å². The Morgan fingerprint density at radius 1 is 1.30 bits per heavy atom. The standard InChI is InChI=1S/C22H31N3O2/c1-14-4-5-23-19(7-14)25-6-2-3-18(13-25)24-21(27)22-10-15-8-16(11-22)20(26)17(9-15)12-22/h4-5,7,15-18,20,26H,2-3,6,8-13H2,1H3,(H,24,27)/t15?,16?,17?,18-,20?,22?/m0/s1. The van der Waals surface area contributed by atoms with Crippen LogP contribution in [0.2, 0.25) is 0 Å². The quantitative estimate of drug-likeness (QED) is 0.860. The second-order valence-electron chi connectivity index (χ2n) is 9.69. The number of aromatic nitrogens is 1. The second kappa shape index (κ2) is 6.47. The van der Waals surface area contributed by atoms with E-state index >= 15 is 0 Å². The van der Waals surface area contributed by atoms with Gasteiger partial charge in [0, 0.05) is 25.3 Å². The molecule has 5 fully saturated rings. The fourth-order valence-electron chi connectivity index (χ4n) is 6.61. The Kier molecular flexibility index (Phi) is 4.19. The van der Waals surface area contributed by atoms with Gasteiger partial charge in [0.1, 0.15) is 5.82 Å². The van der Waals surface area contributed by atoms with Crippen molar-refractivity contribution >= 4 is 11.7 Å². The number of aliphatic hydroxyl groups is 1. The third kappa shape index (κ3) is 3.04. The third-order valence-electron chi connectivity index (χ3n) is 7.69. The minimum atomic E-state index is -0.209. The summed E-state index contributed by atoms with van der Waals surface area (Å²) in [6.07, 6.45) is 8.91. The molecule has 3 atom stereocenters. The topological polar surface area (TPSA) is 65.5 Å². The fraction of sp³-hybridized carbons (Fsp3) is 0.727. The molecule has 0 aromatic carbocycles. The van der Waals surface area contributed by atoms with E-state index < -0.39 is 0 Å². The van der Waals surface area contributed by atoms with Crippen molar-refractivity contribution in [3.05, 3.63) is 23.9 Å². The van der Waals surface area contributed by atoms with E-state index in [-0.39, 0.29) is 23.5 Å². The molecule has 2 N–H and O–H groups in total. The van der Waals surface area contributed by atoms with Gasteiger partial charge in [-0.05, 0) is 87.3 Å². The van der Waals surface area contributed by atoms with Gasteiger partial charge in [0.2, 0.25) is 5.91 Å². The highest BCUT2D eigenvalue weighted by Gasteiger charge is 2.58. The molecule has 1 amide bonds. The Morgan fingerprint density at radius 2 is 2.07 bits per heavy atom. The number of piperidine rings is 1. The molecule has 0 radical (unpaired) electrons. The molecule has 5 heteroatoms. The normalized spacial score (nSPS) is 40.2. The van der Waals surface area contributed by atoms with Crippen LogP contribution in [0.3, 0.4) is 0 Å². The van der Waals surface area contributed by atoms with E-state index in [0.717, 1.165) is 63.9 Å². The number of anilines is 1. The zero-order chi connectivity index (χ0) is 18.6. The summed E-state index contributed by atoms with van der Waals surface area (Å²) in [5.74, 6) is 2.63. The molecule has 5 aliphatic rings. The van der Waals surface area contributed by atoms with E-state index in [0.29, 0.717) is 17.8 Å². The first kappa shape index (κ1) is 17.5. The molecule has 0 spiro atoms. The van der Waals surface area contributed by atoms with Crippen LogP contribution in [0.1, 0.15) is 50.5 Å². The Bertz CT molecular complexity index is 720. The molecule has 1 aliphatic heterocycles. The number of amides is 1. The number of carbonyl (C=O) groups is 1. The van der Waals surface area contributed by atoms with E-state index in [1.54, 1.807) is 0 Å². The van der Waals surface area contributed by atoms with E-state index in [9.17, 15) is 9.90 Å². The molecular weight excluding hydrogens is 338 g/mol. The molecule has 2 heterocycles. The SMILES string of the molecule is Cc1ccnc(N2CCC[C@H](NC(=O)C34CC5CC(C3)C(O)C(C5)C4)C2)c1. The van der Waals surface area contributed by atoms with Crippen LogP contribution in [-0.4, -0.2) is 41.2 Å². The predicted molar refractivity (Wildman–Crippen MR) is 104 cm³/mol. The Hall–Kier alpha value is -1.62. The Labute approximate surface area is 161 Å². The van der Waals surface area contributed by atoms with E-state index in [2.05, 4.69) is 28.2 Å². The fourth-order valence-corrected chi connectivity index (χ4v) is 6.61. The van der Waals surface area contributed by atoms with Gasteiger partial charge in [0.15, 0.2) is 0 Å². The summed E-state index contributed by atoms with van der Waals surface area (Å²) >= 11 is 0. The van der Waals surface area contributed by atoms with Gasteiger partial charge in [-0.2, -0.15) is 0 Å². The second-order valence-corrected chi connectivity index (χ2v) is 9.69. The van der Waals surface area contributed by atoms with Crippen LogP contribution in [0.5, 0.6) is 0 Å². The average molecular weight is 370 g/mol. The van der Waals surface area contributed by atoms with E-state index in [1.165, 1.54) is 5.56 Å². The van der Waals surface area contributed by atoms with Gasteiger partial charge in [-0.3, -0.25) is 4.79 Å². The van der Waals surface area contributed by atoms with Gasteiger partial charge in [0.05, 0.1) is 11.5 Å². The lowest BCUT2D eigenvalue weighted by Crippen LogP contribution is -2.60. The zero-order valence-electron chi connectivity index (χ0n) is 16.2. The van der Waals surface area contributed by atoms with Crippen LogP contribution in [0, 0.1) is 30.1 Å². The lowest BCUT2D eigenvalue weighted by Gasteiger charge is -2.58. The predicted octanol–water partition coefficient (Wildman–Crippen LogP) is 2.66. The number of pyridine rings is 1. The molecule has 4 bridgehead atoms. The number of rotatable bonds is 3. The molecule has 1 aromatic heterocycles. The summed E-state index contributed by atoms with van der Waals surface area (Å²) in [6.45, 7) is 3.94. The highest BCUT2D eigenvalue weighted by atomic mass is 16.3. The molecule has 4 saturated carbocycles. The summed E-state index contributed by atoms with van der Waals surface area (Å²) in [4.78, 5) is 20.2. The van der Waals surface area contributed by atoms with Crippen molar-refractivity contribution in [2.24, 2.45) is 23.2 Å². The van der Waals surface area contributed by atoms with Crippen LogP contribution >= 0.6 is 0 Å². The van der Waals surface area contributed by atoms with Crippen molar-refractivity contribution in [1.82, 2.24) is 10.3 Å². The first-order valence-corrected chi connectivity index (χ1v) is 10.7. The maximum absolute atomic E-state index is 13.3. The lowest BCUT2D eigenvalue weighted by atomic mass is 9.48. The number of hydrogen-bond donors (Lipinski definition) is 2. The Morgan fingerprint density at radius 3 is 2.81 bits per heavy atom. The smallest absolute Gasteiger partial charge is 0.226 e. The lowest BCUT2D eigenvalue weighted by molar-refractivity contribution is -0.163. The highest BCUT2D eigenvalue weighted by Crippen LogP contribution is 2.60. The number of nitrogens with one attached hydrogen (secondary N) is 1. The van der Waals surface area contributed by atoms with Gasteiger partial charge in [0.25, 0.3) is 0 Å². The molecular formula is C22H31N3O2. The number of carbonyl (C=O) groups excluding carboxylic acids is 1. The van der Waals surface area contributed by atoms with Gasteiger partial charge in [-0.1, -0.05) is 0 Å². The van der Waals surface area contributed by atoms with Gasteiger partial charge in [-0.15, -0.1) is 0 Å². The zero-order valence-corrected chi connectivity index (χ0v) is 16.2. The highest BCUT2D eigenvalue weighted by molar-refractivity contribution is 5.83. The minimum absolute atomic E-state index is 0.167. The molecule has 2 unspecified atom stereocenters. The van der Waals surface area contributed by atoms with Gasteiger partial charge < -0.3 is 15.3 Å². The van der Waals surface area contributed by atoms with Gasteiger partial charge >= 0.3 is 0 Å². The maximum atomic E-state index is 13.3. The molecule has 6 rings (SSSR count). The van der Waals surface area contributed by atoms with Crippen molar-refractivity contribution in [2.75, 3.05) is 18.0 Å². The van der Waals surface area contributed by atoms with Crippen LogP contribution in [0.25, 0.3) is 0 Å². The maximum Gasteiger partial charge on any atom is 0.226 e. The van der Waals surface area contributed by atoms with Crippen LogP contribution in [0.4, 0.5) is 5.82 Å². The monoisotopic (exact) mass is 369 g/mol. The largest absolute Gasteiger partial charge is 0.393 e. The van der Waals surface area contributed by atoms with Crippen molar-refractivity contribution in [3.63, 3.8) is 0 Å². The molecule has 4 aliphatic carbocycles. The minimum Gasteiger partial charge on any atom is -0.393 e. The van der Waals surface area contributed by atoms with Crippen molar-refractivity contribution in [3.8, 4) is 0 Å². The number of aryl methyl sites for hydroxylation is 1. The summed E-state index contributed by atoms with van der Waals surface area (Å²) in [6, 6.07) is 4.35. The summed E-state index contributed by atoms with van der Waals surface area (Å²) < 4.78 is 0. The molecule has 146 valence electrons. The number of nitrogens with zero attached hydrogens (tertiary/aromatic N) is 2. The first-order valence-electron chi connectivity index (χ1n) is 10.7. The molecule has 1 saturated heterocycles. The van der Waals surface area contributed by atoms with E-state index in [1.807, 2.05) is 12.3 Å². The van der Waals surface area contributed by atoms with Crippen molar-refractivity contribution in [1.29, 1.82) is 0 Å². The summed E-state index contributed by atoms with van der Waals surface area (Å²) in [7, 11) is 0. The van der Waals surface area contributed by atoms with Crippen LogP contribution in [-0.2, 0) is 4.79 Å². The van der Waals surface area contributed by atoms with Crippen molar-refractivity contribution < 1.29 is 9.90 Å².